The smallest absolute Gasteiger partial charge is 0.315 e. The lowest BCUT2D eigenvalue weighted by Gasteiger charge is -2.40. The van der Waals surface area contributed by atoms with E-state index in [0.717, 1.165) is 12.1 Å². The number of hydrogen-bond acceptors (Lipinski definition) is 3. The van der Waals surface area contributed by atoms with Crippen molar-refractivity contribution < 1.29 is 29.3 Å². The van der Waals surface area contributed by atoms with E-state index in [1.165, 1.54) is 12.1 Å². The maximum atomic E-state index is 13.0. The second-order valence-electron chi connectivity index (χ2n) is 5.10. The van der Waals surface area contributed by atoms with Crippen molar-refractivity contribution in [2.75, 3.05) is 0 Å². The summed E-state index contributed by atoms with van der Waals surface area (Å²) >= 11 is 0. The Hall–Kier alpha value is -1.95. The summed E-state index contributed by atoms with van der Waals surface area (Å²) in [6.45, 7) is 0. The van der Waals surface area contributed by atoms with Gasteiger partial charge in [0.25, 0.3) is 0 Å². The van der Waals surface area contributed by atoms with Crippen molar-refractivity contribution in [3.05, 3.63) is 35.6 Å². The predicted octanol–water partition coefficient (Wildman–Crippen LogP) is 1.39. The van der Waals surface area contributed by atoms with Crippen molar-refractivity contribution in [1.82, 2.24) is 0 Å². The fraction of sp³-hybridized carbons (Fsp3) is 0.429. The van der Waals surface area contributed by atoms with Crippen LogP contribution in [-0.4, -0.2) is 33.4 Å². The van der Waals surface area contributed by atoms with Gasteiger partial charge in [-0.05, 0) is 37.0 Å². The van der Waals surface area contributed by atoms with E-state index in [2.05, 4.69) is 0 Å². The standard InChI is InChI=1S/C14H15FO5/c15-9-3-1-8(2-4-9)14(13(19)20)6-5-10(16)7-11(14)12(17)18/h1-4,10-11,16H,5-7H2,(H,17,18)(H,19,20). The van der Waals surface area contributed by atoms with Crippen LogP contribution in [0.4, 0.5) is 4.39 Å². The van der Waals surface area contributed by atoms with Crippen LogP contribution in [0.1, 0.15) is 24.8 Å². The first-order valence-electron chi connectivity index (χ1n) is 6.28. The monoisotopic (exact) mass is 282 g/mol. The van der Waals surface area contributed by atoms with Crippen molar-refractivity contribution in [1.29, 1.82) is 0 Å². The first kappa shape index (κ1) is 14.5. The molecule has 0 spiro atoms. The molecule has 1 aromatic rings. The van der Waals surface area contributed by atoms with Crippen molar-refractivity contribution in [2.45, 2.75) is 30.8 Å². The number of carbonyl (C=O) groups is 2. The number of halogens is 1. The second-order valence-corrected chi connectivity index (χ2v) is 5.10. The summed E-state index contributed by atoms with van der Waals surface area (Å²) in [6.07, 6.45) is -0.748. The highest BCUT2D eigenvalue weighted by Gasteiger charge is 2.53. The van der Waals surface area contributed by atoms with Crippen molar-refractivity contribution in [3.8, 4) is 0 Å². The molecule has 1 aromatic carbocycles. The van der Waals surface area contributed by atoms with Crippen LogP contribution in [0.5, 0.6) is 0 Å². The number of aliphatic carboxylic acids is 2. The highest BCUT2D eigenvalue weighted by Crippen LogP contribution is 2.44. The van der Waals surface area contributed by atoms with Gasteiger partial charge >= 0.3 is 11.9 Å². The van der Waals surface area contributed by atoms with Crippen LogP contribution in [0.25, 0.3) is 0 Å². The van der Waals surface area contributed by atoms with Gasteiger partial charge in [-0.2, -0.15) is 0 Å². The van der Waals surface area contributed by atoms with E-state index in [1.54, 1.807) is 0 Å². The van der Waals surface area contributed by atoms with Crippen molar-refractivity contribution >= 4 is 11.9 Å². The minimum atomic E-state index is -1.63. The number of carboxylic acids is 2. The molecule has 5 nitrogen and oxygen atoms in total. The molecule has 1 fully saturated rings. The molecular weight excluding hydrogens is 267 g/mol. The molecule has 2 rings (SSSR count). The Balaban J connectivity index is 2.55. The molecule has 1 saturated carbocycles. The van der Waals surface area contributed by atoms with Crippen LogP contribution in [0.2, 0.25) is 0 Å². The minimum Gasteiger partial charge on any atom is -0.481 e. The summed E-state index contributed by atoms with van der Waals surface area (Å²) in [6, 6.07) is 4.84. The summed E-state index contributed by atoms with van der Waals surface area (Å²) in [7, 11) is 0. The summed E-state index contributed by atoms with van der Waals surface area (Å²) in [5, 5.41) is 28.5. The van der Waals surface area contributed by atoms with E-state index in [4.69, 9.17) is 0 Å². The summed E-state index contributed by atoms with van der Waals surface area (Å²) < 4.78 is 13.0. The van der Waals surface area contributed by atoms with E-state index >= 15 is 0 Å². The second kappa shape index (κ2) is 5.20. The Kier molecular flexibility index (Phi) is 3.76. The summed E-state index contributed by atoms with van der Waals surface area (Å²) in [5.74, 6) is -4.29. The van der Waals surface area contributed by atoms with Crippen LogP contribution in [0.15, 0.2) is 24.3 Å². The number of hydrogen-bond donors (Lipinski definition) is 3. The van der Waals surface area contributed by atoms with E-state index in [9.17, 15) is 29.3 Å². The molecule has 3 unspecified atom stereocenters. The lowest BCUT2D eigenvalue weighted by atomic mass is 9.62. The largest absolute Gasteiger partial charge is 0.481 e. The average Bonchev–Trinajstić information content (AvgIpc) is 2.39. The highest BCUT2D eigenvalue weighted by atomic mass is 19.1. The first-order valence-corrected chi connectivity index (χ1v) is 6.28. The number of aliphatic hydroxyl groups is 1. The highest BCUT2D eigenvalue weighted by molar-refractivity contribution is 5.89. The third kappa shape index (κ3) is 2.27. The number of rotatable bonds is 3. The minimum absolute atomic E-state index is 0.00605. The number of carboxylic acid groups (broad SMARTS) is 2. The van der Waals surface area contributed by atoms with E-state index in [0.29, 0.717) is 0 Å². The molecule has 0 heterocycles. The van der Waals surface area contributed by atoms with Gasteiger partial charge in [0.15, 0.2) is 0 Å². The molecule has 6 heteroatoms. The molecule has 0 saturated heterocycles. The Morgan fingerprint density at radius 2 is 1.80 bits per heavy atom. The van der Waals surface area contributed by atoms with Crippen molar-refractivity contribution in [3.63, 3.8) is 0 Å². The van der Waals surface area contributed by atoms with Crippen LogP contribution in [-0.2, 0) is 15.0 Å². The Morgan fingerprint density at radius 1 is 1.20 bits per heavy atom. The van der Waals surface area contributed by atoms with Crippen LogP contribution in [0.3, 0.4) is 0 Å². The zero-order valence-electron chi connectivity index (χ0n) is 10.6. The number of aliphatic hydroxyl groups excluding tert-OH is 1. The third-order valence-electron chi connectivity index (χ3n) is 4.01. The molecule has 0 aliphatic heterocycles. The van der Waals surface area contributed by atoms with E-state index in [-0.39, 0.29) is 24.8 Å². The summed E-state index contributed by atoms with van der Waals surface area (Å²) in [5.41, 5.74) is -1.37. The maximum Gasteiger partial charge on any atom is 0.315 e. The number of benzene rings is 1. The SMILES string of the molecule is O=C(O)C1CC(O)CCC1(C(=O)O)c1ccc(F)cc1. The Bertz CT molecular complexity index is 527. The van der Waals surface area contributed by atoms with Crippen LogP contribution >= 0.6 is 0 Å². The van der Waals surface area contributed by atoms with Gasteiger partial charge in [0, 0.05) is 0 Å². The lowest BCUT2D eigenvalue weighted by molar-refractivity contribution is -0.161. The predicted molar refractivity (Wildman–Crippen MR) is 66.7 cm³/mol. The molecule has 0 bridgehead atoms. The van der Waals surface area contributed by atoms with E-state index in [1.807, 2.05) is 0 Å². The third-order valence-corrected chi connectivity index (χ3v) is 4.01. The summed E-state index contributed by atoms with van der Waals surface area (Å²) in [4.78, 5) is 23.2. The van der Waals surface area contributed by atoms with Gasteiger partial charge in [-0.1, -0.05) is 12.1 Å². The molecule has 1 aliphatic rings. The zero-order chi connectivity index (χ0) is 14.9. The molecular formula is C14H15FO5. The zero-order valence-corrected chi connectivity index (χ0v) is 10.6. The van der Waals surface area contributed by atoms with Gasteiger partial charge in [0.05, 0.1) is 12.0 Å². The van der Waals surface area contributed by atoms with Gasteiger partial charge in [-0.3, -0.25) is 9.59 Å². The molecule has 0 aromatic heterocycles. The quantitative estimate of drug-likeness (QED) is 0.778. The van der Waals surface area contributed by atoms with Gasteiger partial charge in [-0.25, -0.2) is 4.39 Å². The molecule has 0 amide bonds. The molecule has 3 N–H and O–H groups in total. The van der Waals surface area contributed by atoms with Gasteiger partial charge < -0.3 is 15.3 Å². The lowest BCUT2D eigenvalue weighted by Crippen LogP contribution is -2.51. The average molecular weight is 282 g/mol. The van der Waals surface area contributed by atoms with Crippen LogP contribution < -0.4 is 0 Å². The van der Waals surface area contributed by atoms with Gasteiger partial charge in [0.1, 0.15) is 11.2 Å². The molecule has 0 radical (unpaired) electrons. The Morgan fingerprint density at radius 3 is 2.30 bits per heavy atom. The fourth-order valence-electron chi connectivity index (χ4n) is 2.94. The van der Waals surface area contributed by atoms with Crippen LogP contribution in [0, 0.1) is 11.7 Å². The Labute approximate surface area is 114 Å². The van der Waals surface area contributed by atoms with E-state index < -0.39 is 35.2 Å². The molecule has 3 atom stereocenters. The van der Waals surface area contributed by atoms with Gasteiger partial charge in [0.2, 0.25) is 0 Å². The normalized spacial score (nSPS) is 29.9. The maximum absolute atomic E-state index is 13.0. The fourth-order valence-corrected chi connectivity index (χ4v) is 2.94. The topological polar surface area (TPSA) is 94.8 Å². The molecule has 108 valence electrons. The molecule has 20 heavy (non-hydrogen) atoms. The molecule has 1 aliphatic carbocycles. The van der Waals surface area contributed by atoms with Crippen molar-refractivity contribution in [2.24, 2.45) is 5.92 Å². The first-order chi connectivity index (χ1) is 9.37. The van der Waals surface area contributed by atoms with Gasteiger partial charge in [-0.15, -0.1) is 0 Å².